The Bertz CT molecular complexity index is 962. The summed E-state index contributed by atoms with van der Waals surface area (Å²) in [5, 5.41) is 2.90. The van der Waals surface area contributed by atoms with Crippen molar-refractivity contribution in [2.75, 3.05) is 11.9 Å². The summed E-state index contributed by atoms with van der Waals surface area (Å²) < 4.78 is 10.6. The maximum atomic E-state index is 12.6. The van der Waals surface area contributed by atoms with Gasteiger partial charge in [0.05, 0.1) is 0 Å². The highest BCUT2D eigenvalue weighted by molar-refractivity contribution is 6.20. The minimum absolute atomic E-state index is 0.0343. The van der Waals surface area contributed by atoms with E-state index in [1.807, 2.05) is 38.1 Å². The zero-order valence-corrected chi connectivity index (χ0v) is 15.9. The van der Waals surface area contributed by atoms with Crippen LogP contribution in [0, 0.1) is 13.8 Å². The van der Waals surface area contributed by atoms with E-state index < -0.39 is 17.9 Å². The second kappa shape index (κ2) is 8.08. The van der Waals surface area contributed by atoms with Crippen molar-refractivity contribution in [3.8, 4) is 0 Å². The number of carbonyl (C=O) groups is 3. The molecule has 144 valence electrons. The number of nitrogens with one attached hydrogen (secondary N) is 1. The molecule has 0 aliphatic carbocycles. The first-order valence-corrected chi connectivity index (χ1v) is 8.91. The number of ether oxygens (including phenoxy) is 2. The number of carbonyl (C=O) groups excluding carboxylic acids is 3. The largest absolute Gasteiger partial charge is 0.470 e. The standard InChI is InChI=1S/C22H21NO5/c1-13-9-10-16(11-14(13)2)20(25)15(3)28-22(26)19-18(24)12-27-21(19)23-17-7-5-4-6-8-17/h4-11,15,23H,12H2,1-3H3/t15-/m1/s1. The molecule has 1 atom stereocenters. The molecule has 0 bridgehead atoms. The Morgan fingerprint density at radius 1 is 1.07 bits per heavy atom. The van der Waals surface area contributed by atoms with Gasteiger partial charge in [0.15, 0.2) is 18.3 Å². The van der Waals surface area contributed by atoms with Crippen molar-refractivity contribution >= 4 is 23.2 Å². The fourth-order valence-electron chi connectivity index (χ4n) is 2.77. The quantitative estimate of drug-likeness (QED) is 0.471. The zero-order chi connectivity index (χ0) is 20.3. The van der Waals surface area contributed by atoms with Gasteiger partial charge in [-0.05, 0) is 50.1 Å². The average molecular weight is 379 g/mol. The van der Waals surface area contributed by atoms with Crippen molar-refractivity contribution in [3.63, 3.8) is 0 Å². The van der Waals surface area contributed by atoms with Gasteiger partial charge in [-0.1, -0.05) is 30.3 Å². The highest BCUT2D eigenvalue weighted by Crippen LogP contribution is 2.21. The minimum atomic E-state index is -1.03. The summed E-state index contributed by atoms with van der Waals surface area (Å²) in [5.41, 5.74) is 2.94. The van der Waals surface area contributed by atoms with Crippen LogP contribution in [0.15, 0.2) is 60.0 Å². The molecule has 3 rings (SSSR count). The van der Waals surface area contributed by atoms with Gasteiger partial charge in [-0.3, -0.25) is 9.59 Å². The van der Waals surface area contributed by atoms with E-state index >= 15 is 0 Å². The van der Waals surface area contributed by atoms with Crippen molar-refractivity contribution in [3.05, 3.63) is 76.7 Å². The van der Waals surface area contributed by atoms with Crippen molar-refractivity contribution in [2.45, 2.75) is 26.9 Å². The zero-order valence-electron chi connectivity index (χ0n) is 15.9. The number of aryl methyl sites for hydroxylation is 2. The predicted molar refractivity (Wildman–Crippen MR) is 104 cm³/mol. The molecule has 6 heteroatoms. The van der Waals surface area contributed by atoms with Crippen LogP contribution >= 0.6 is 0 Å². The molecule has 0 unspecified atom stereocenters. The van der Waals surface area contributed by atoms with Crippen molar-refractivity contribution in [2.24, 2.45) is 0 Å². The smallest absolute Gasteiger partial charge is 0.348 e. The number of hydrogen-bond donors (Lipinski definition) is 1. The van der Waals surface area contributed by atoms with Crippen LogP contribution in [0.3, 0.4) is 0 Å². The van der Waals surface area contributed by atoms with Gasteiger partial charge in [0.25, 0.3) is 0 Å². The molecule has 0 fully saturated rings. The van der Waals surface area contributed by atoms with Crippen LogP contribution in [0.25, 0.3) is 0 Å². The van der Waals surface area contributed by atoms with Gasteiger partial charge in [-0.15, -0.1) is 0 Å². The van der Waals surface area contributed by atoms with Gasteiger partial charge in [0, 0.05) is 11.3 Å². The molecule has 0 saturated heterocycles. The van der Waals surface area contributed by atoms with Crippen molar-refractivity contribution in [1.29, 1.82) is 0 Å². The Labute approximate surface area is 163 Å². The van der Waals surface area contributed by atoms with Crippen LogP contribution in [0.4, 0.5) is 5.69 Å². The Balaban J connectivity index is 1.75. The fourth-order valence-corrected chi connectivity index (χ4v) is 2.77. The van der Waals surface area contributed by atoms with Crippen LogP contribution in [0.2, 0.25) is 0 Å². The number of ketones is 2. The number of benzene rings is 2. The molecule has 0 aromatic heterocycles. The summed E-state index contributed by atoms with van der Waals surface area (Å²) in [4.78, 5) is 37.2. The molecule has 6 nitrogen and oxygen atoms in total. The lowest BCUT2D eigenvalue weighted by molar-refractivity contribution is -0.142. The normalized spacial score (nSPS) is 14.5. The third kappa shape index (κ3) is 4.11. The molecular weight excluding hydrogens is 358 g/mol. The summed E-state index contributed by atoms with van der Waals surface area (Å²) in [5.74, 6) is -1.67. The molecule has 0 amide bonds. The summed E-state index contributed by atoms with van der Waals surface area (Å²) in [7, 11) is 0. The molecule has 0 spiro atoms. The van der Waals surface area contributed by atoms with E-state index in [2.05, 4.69) is 5.32 Å². The second-order valence-electron chi connectivity index (χ2n) is 6.62. The molecule has 1 N–H and O–H groups in total. The van der Waals surface area contributed by atoms with E-state index in [0.29, 0.717) is 11.3 Å². The maximum Gasteiger partial charge on any atom is 0.348 e. The number of esters is 1. The summed E-state index contributed by atoms with van der Waals surface area (Å²) in [6, 6.07) is 14.3. The van der Waals surface area contributed by atoms with Crippen LogP contribution in [0.1, 0.15) is 28.4 Å². The maximum absolute atomic E-state index is 12.6. The third-order valence-corrected chi connectivity index (χ3v) is 4.53. The monoisotopic (exact) mass is 379 g/mol. The SMILES string of the molecule is Cc1ccc(C(=O)[C@@H](C)OC(=O)C2=C(Nc3ccccc3)OCC2=O)cc1C. The van der Waals surface area contributed by atoms with E-state index in [-0.39, 0.29) is 23.8 Å². The van der Waals surface area contributed by atoms with Gasteiger partial charge in [-0.2, -0.15) is 0 Å². The van der Waals surface area contributed by atoms with Gasteiger partial charge in [-0.25, -0.2) is 4.79 Å². The van der Waals surface area contributed by atoms with Gasteiger partial charge in [0.1, 0.15) is 0 Å². The highest BCUT2D eigenvalue weighted by atomic mass is 16.6. The van der Waals surface area contributed by atoms with Crippen molar-refractivity contribution < 1.29 is 23.9 Å². The summed E-state index contributed by atoms with van der Waals surface area (Å²) in [6.45, 7) is 5.09. The summed E-state index contributed by atoms with van der Waals surface area (Å²) >= 11 is 0. The molecule has 1 heterocycles. The lowest BCUT2D eigenvalue weighted by Crippen LogP contribution is -2.27. The third-order valence-electron chi connectivity index (χ3n) is 4.53. The minimum Gasteiger partial charge on any atom is -0.470 e. The van der Waals surface area contributed by atoms with E-state index in [9.17, 15) is 14.4 Å². The molecule has 28 heavy (non-hydrogen) atoms. The van der Waals surface area contributed by atoms with Gasteiger partial charge >= 0.3 is 5.97 Å². The van der Waals surface area contributed by atoms with Gasteiger partial charge in [0.2, 0.25) is 17.4 Å². The highest BCUT2D eigenvalue weighted by Gasteiger charge is 2.34. The first-order chi connectivity index (χ1) is 13.4. The Morgan fingerprint density at radius 3 is 2.46 bits per heavy atom. The predicted octanol–water partition coefficient (Wildman–Crippen LogP) is 3.34. The number of para-hydroxylation sites is 1. The van der Waals surface area contributed by atoms with Crippen LogP contribution in [0.5, 0.6) is 0 Å². The molecule has 2 aromatic carbocycles. The number of Topliss-reactive ketones (excluding diaryl/α,β-unsaturated/α-hetero) is 2. The van der Waals surface area contributed by atoms with E-state index in [0.717, 1.165) is 11.1 Å². The molecule has 1 aliphatic rings. The molecule has 0 radical (unpaired) electrons. The van der Waals surface area contributed by atoms with Crippen LogP contribution in [-0.4, -0.2) is 30.2 Å². The molecule has 1 aliphatic heterocycles. The number of rotatable bonds is 6. The topological polar surface area (TPSA) is 81.7 Å². The van der Waals surface area contributed by atoms with Crippen LogP contribution in [-0.2, 0) is 19.1 Å². The van der Waals surface area contributed by atoms with E-state index in [1.54, 1.807) is 24.3 Å². The fraction of sp³-hybridized carbons (Fsp3) is 0.227. The molecule has 0 saturated carbocycles. The Kier molecular flexibility index (Phi) is 5.59. The van der Waals surface area contributed by atoms with Gasteiger partial charge < -0.3 is 14.8 Å². The van der Waals surface area contributed by atoms with E-state index in [4.69, 9.17) is 9.47 Å². The lowest BCUT2D eigenvalue weighted by atomic mass is 10.0. The van der Waals surface area contributed by atoms with Crippen molar-refractivity contribution in [1.82, 2.24) is 0 Å². The Morgan fingerprint density at radius 2 is 1.79 bits per heavy atom. The second-order valence-corrected chi connectivity index (χ2v) is 6.62. The molecular formula is C22H21NO5. The van der Waals surface area contributed by atoms with E-state index in [1.165, 1.54) is 6.92 Å². The first kappa shape index (κ1) is 19.4. The van der Waals surface area contributed by atoms with Crippen LogP contribution < -0.4 is 5.32 Å². The number of anilines is 1. The first-order valence-electron chi connectivity index (χ1n) is 8.91. The molecule has 2 aromatic rings. The Hall–Kier alpha value is -3.41. The average Bonchev–Trinajstić information content (AvgIpc) is 3.04. The summed E-state index contributed by atoms with van der Waals surface area (Å²) in [6.07, 6.45) is -1.03. The lowest BCUT2D eigenvalue weighted by Gasteiger charge is -2.14. The number of hydrogen-bond acceptors (Lipinski definition) is 6.